The van der Waals surface area contributed by atoms with Gasteiger partial charge in [-0.3, -0.25) is 9.59 Å². The van der Waals surface area contributed by atoms with Crippen molar-refractivity contribution in [3.63, 3.8) is 0 Å². The number of Topliss-reactive ketones (excluding diaryl/α,β-unsaturated/α-hetero) is 1. The first-order valence-corrected chi connectivity index (χ1v) is 10.5. The van der Waals surface area contributed by atoms with Crippen LogP contribution in [0.1, 0.15) is 44.6 Å². The first kappa shape index (κ1) is 20.9. The number of carbonyl (C=O) groups excluding carboxylic acids is 2. The number of morpholine rings is 1. The molecule has 2 aliphatic heterocycles. The smallest absolute Gasteiger partial charge is 0.242 e. The third-order valence-electron chi connectivity index (χ3n) is 6.20. The summed E-state index contributed by atoms with van der Waals surface area (Å²) in [5.41, 5.74) is 2.35. The Morgan fingerprint density at radius 1 is 1.03 bits per heavy atom. The lowest BCUT2D eigenvalue weighted by Crippen LogP contribution is -2.55. The molecule has 1 aliphatic carbocycles. The fourth-order valence-electron chi connectivity index (χ4n) is 4.84. The Morgan fingerprint density at radius 3 is 2.40 bits per heavy atom. The maximum atomic E-state index is 13.4. The Hall–Kier alpha value is -2.38. The number of rotatable bonds is 4. The number of hydrazine groups is 1. The summed E-state index contributed by atoms with van der Waals surface area (Å²) in [5, 5.41) is 3.83. The van der Waals surface area contributed by atoms with E-state index in [2.05, 4.69) is 13.8 Å². The zero-order valence-corrected chi connectivity index (χ0v) is 18.2. The van der Waals surface area contributed by atoms with E-state index in [-0.39, 0.29) is 29.4 Å². The average molecular weight is 415 g/mol. The van der Waals surface area contributed by atoms with Crippen LogP contribution in [0.2, 0.25) is 0 Å². The van der Waals surface area contributed by atoms with Gasteiger partial charge in [0, 0.05) is 43.1 Å². The first-order chi connectivity index (χ1) is 14.3. The van der Waals surface area contributed by atoms with Gasteiger partial charge in [0.15, 0.2) is 17.3 Å². The summed E-state index contributed by atoms with van der Waals surface area (Å²) >= 11 is 0. The van der Waals surface area contributed by atoms with E-state index >= 15 is 0 Å². The van der Waals surface area contributed by atoms with Crippen LogP contribution in [-0.4, -0.2) is 62.2 Å². The van der Waals surface area contributed by atoms with E-state index in [4.69, 9.17) is 14.2 Å². The van der Waals surface area contributed by atoms with Gasteiger partial charge in [0.25, 0.3) is 0 Å². The van der Waals surface area contributed by atoms with Crippen LogP contribution in [0.4, 0.5) is 0 Å². The molecule has 1 amide bonds. The molecule has 1 atom stereocenters. The molecule has 1 aromatic carbocycles. The van der Waals surface area contributed by atoms with Gasteiger partial charge in [-0.2, -0.15) is 0 Å². The van der Waals surface area contributed by atoms with Gasteiger partial charge >= 0.3 is 0 Å². The lowest BCUT2D eigenvalue weighted by molar-refractivity contribution is -0.154. The molecule has 0 saturated carbocycles. The third kappa shape index (κ3) is 3.72. The number of nitrogens with zero attached hydrogens (tertiary/aromatic N) is 2. The molecule has 2 heterocycles. The maximum Gasteiger partial charge on any atom is 0.242 e. The van der Waals surface area contributed by atoms with Gasteiger partial charge in [-0.05, 0) is 29.5 Å². The molecule has 4 rings (SSSR count). The largest absolute Gasteiger partial charge is 0.493 e. The lowest BCUT2D eigenvalue weighted by atomic mass is 9.69. The minimum Gasteiger partial charge on any atom is -0.493 e. The van der Waals surface area contributed by atoms with Crippen molar-refractivity contribution in [1.29, 1.82) is 0 Å². The lowest BCUT2D eigenvalue weighted by Gasteiger charge is -2.47. The van der Waals surface area contributed by atoms with Crippen molar-refractivity contribution in [2.75, 3.05) is 40.5 Å². The number of ketones is 1. The molecule has 1 saturated heterocycles. The van der Waals surface area contributed by atoms with Gasteiger partial charge in [0.05, 0.1) is 27.4 Å². The Kier molecular flexibility index (Phi) is 5.59. The maximum absolute atomic E-state index is 13.4. The molecule has 7 heteroatoms. The Morgan fingerprint density at radius 2 is 1.73 bits per heavy atom. The summed E-state index contributed by atoms with van der Waals surface area (Å²) < 4.78 is 16.3. The molecular formula is C23H30N2O5. The minimum atomic E-state index is -0.270. The van der Waals surface area contributed by atoms with Crippen LogP contribution >= 0.6 is 0 Å². The van der Waals surface area contributed by atoms with E-state index in [0.29, 0.717) is 50.6 Å². The van der Waals surface area contributed by atoms with Gasteiger partial charge in [-0.25, -0.2) is 10.0 Å². The quantitative estimate of drug-likeness (QED) is 0.755. The Balaban J connectivity index is 1.81. The molecular weight excluding hydrogens is 384 g/mol. The van der Waals surface area contributed by atoms with Crippen molar-refractivity contribution < 1.29 is 23.8 Å². The second kappa shape index (κ2) is 8.04. The van der Waals surface area contributed by atoms with Crippen molar-refractivity contribution in [3.05, 3.63) is 35.0 Å². The molecule has 1 fully saturated rings. The van der Waals surface area contributed by atoms with E-state index in [9.17, 15) is 9.59 Å². The zero-order valence-electron chi connectivity index (χ0n) is 18.2. The average Bonchev–Trinajstić information content (AvgIpc) is 2.72. The normalized spacial score (nSPS) is 24.7. The molecule has 30 heavy (non-hydrogen) atoms. The van der Waals surface area contributed by atoms with Gasteiger partial charge < -0.3 is 14.2 Å². The Bertz CT molecular complexity index is 886. The highest BCUT2D eigenvalue weighted by molar-refractivity contribution is 6.02. The van der Waals surface area contributed by atoms with Gasteiger partial charge in [0.1, 0.15) is 0 Å². The van der Waals surface area contributed by atoms with E-state index in [1.807, 2.05) is 23.2 Å². The van der Waals surface area contributed by atoms with E-state index in [1.54, 1.807) is 19.2 Å². The fraction of sp³-hybridized carbons (Fsp3) is 0.565. The monoisotopic (exact) mass is 414 g/mol. The predicted molar refractivity (Wildman–Crippen MR) is 111 cm³/mol. The van der Waals surface area contributed by atoms with Crippen molar-refractivity contribution in [2.24, 2.45) is 5.41 Å². The molecule has 3 aliphatic rings. The summed E-state index contributed by atoms with van der Waals surface area (Å²) in [7, 11) is 3.18. The summed E-state index contributed by atoms with van der Waals surface area (Å²) in [4.78, 5) is 26.7. The van der Waals surface area contributed by atoms with Crippen molar-refractivity contribution in [1.82, 2.24) is 10.0 Å². The number of carbonyl (C=O) groups is 2. The molecule has 162 valence electrons. The second-order valence-electron chi connectivity index (χ2n) is 8.94. The molecule has 0 N–H and O–H groups in total. The highest BCUT2D eigenvalue weighted by Crippen LogP contribution is 2.48. The van der Waals surface area contributed by atoms with Crippen molar-refractivity contribution in [2.45, 2.75) is 39.0 Å². The molecule has 0 radical (unpaired) electrons. The number of allylic oxidation sites excluding steroid dienone is 2. The molecule has 1 aromatic rings. The van der Waals surface area contributed by atoms with Crippen molar-refractivity contribution in [3.8, 4) is 11.5 Å². The van der Waals surface area contributed by atoms with Gasteiger partial charge in [-0.15, -0.1) is 0 Å². The molecule has 1 unspecified atom stereocenters. The minimum absolute atomic E-state index is 0.0286. The number of methoxy groups -OCH3 is 2. The number of hydrogen-bond acceptors (Lipinski definition) is 6. The molecule has 7 nitrogen and oxygen atoms in total. The summed E-state index contributed by atoms with van der Waals surface area (Å²) in [6.45, 7) is 6.66. The summed E-state index contributed by atoms with van der Waals surface area (Å²) in [6, 6.07) is 5.66. The number of hydrogen-bond donors (Lipinski definition) is 0. The van der Waals surface area contributed by atoms with E-state index in [1.165, 1.54) is 0 Å². The number of ether oxygens (including phenoxy) is 3. The van der Waals surface area contributed by atoms with Crippen LogP contribution in [0, 0.1) is 5.41 Å². The number of benzene rings is 1. The van der Waals surface area contributed by atoms with Crippen LogP contribution in [0.25, 0.3) is 0 Å². The molecule has 0 spiro atoms. The zero-order chi connectivity index (χ0) is 21.5. The summed E-state index contributed by atoms with van der Waals surface area (Å²) in [6.07, 6.45) is 1.44. The highest BCUT2D eigenvalue weighted by atomic mass is 16.5. The van der Waals surface area contributed by atoms with Gasteiger partial charge in [0.2, 0.25) is 5.91 Å². The van der Waals surface area contributed by atoms with Gasteiger partial charge in [-0.1, -0.05) is 19.9 Å². The first-order valence-electron chi connectivity index (χ1n) is 10.5. The van der Waals surface area contributed by atoms with Crippen LogP contribution in [0.5, 0.6) is 11.5 Å². The summed E-state index contributed by atoms with van der Waals surface area (Å²) in [5.74, 6) is 1.12. The fourth-order valence-corrected chi connectivity index (χ4v) is 4.84. The SMILES string of the molecule is COc1ccc(C2CC(=O)N(N3CCOCC3)C3=C2C(=O)CC(C)(C)C3)cc1OC. The van der Waals surface area contributed by atoms with Crippen molar-refractivity contribution >= 4 is 11.7 Å². The van der Waals surface area contributed by atoms with Crippen LogP contribution < -0.4 is 9.47 Å². The van der Waals surface area contributed by atoms with Crippen LogP contribution in [-0.2, 0) is 14.3 Å². The topological polar surface area (TPSA) is 68.3 Å². The number of amides is 1. The predicted octanol–water partition coefficient (Wildman–Crippen LogP) is 2.91. The Labute approximate surface area is 177 Å². The third-order valence-corrected chi connectivity index (χ3v) is 6.20. The molecule has 0 aromatic heterocycles. The van der Waals surface area contributed by atoms with E-state index < -0.39 is 0 Å². The van der Waals surface area contributed by atoms with Crippen LogP contribution in [0.3, 0.4) is 0 Å². The van der Waals surface area contributed by atoms with E-state index in [0.717, 1.165) is 16.8 Å². The molecule has 0 bridgehead atoms. The highest BCUT2D eigenvalue weighted by Gasteiger charge is 2.45. The van der Waals surface area contributed by atoms with Crippen LogP contribution in [0.15, 0.2) is 29.5 Å². The second-order valence-corrected chi connectivity index (χ2v) is 8.94. The standard InChI is InChI=1S/C23H30N2O5/c1-23(2)13-17-22(18(26)14-23)16(15-5-6-19(28-3)20(11-15)29-4)12-21(27)25(17)24-7-9-30-10-8-24/h5-6,11,16H,7-10,12-14H2,1-4H3.